The van der Waals surface area contributed by atoms with E-state index < -0.39 is 165 Å². The Balaban J connectivity index is 1.23. The SMILES string of the molecule is CC(=O)O[C@H]1[C@@H]2[C@H]([C@H](C)[C@H]3N(N4C(=O)c5ccccc5C4=O)[C@]34OC(=O)[C@@](C)(O)[C@]24C)[C@]2(C)[C@@H]1C1C([C@H](OC(C)=O)[C@@H]2OC(C)=O)[C@]2(C)[C@H](C[C@@H]3O[C@@H]3[C@@H]2OC(C)=O)C(=O)[C@@H]1O. The van der Waals surface area contributed by atoms with Gasteiger partial charge in [0.25, 0.3) is 11.8 Å². The molecule has 1 aromatic carbocycles. The molecule has 5 aliphatic carbocycles. The Hall–Kier alpha value is -4.78. The van der Waals surface area contributed by atoms with Crippen LogP contribution in [0, 0.1) is 57.7 Å². The number of carbonyl (C=O) groups excluding carboxylic acids is 8. The van der Waals surface area contributed by atoms with Gasteiger partial charge in [-0.05, 0) is 37.3 Å². The quantitative estimate of drug-likeness (QED) is 0.182. The smallest absolute Gasteiger partial charge is 0.340 e. The first kappa shape index (κ1) is 41.2. The average Bonchev–Trinajstić information content (AvgIpc) is 4.04. The first-order chi connectivity index (χ1) is 28.9. The second-order valence-corrected chi connectivity index (χ2v) is 19.9. The van der Waals surface area contributed by atoms with Crippen LogP contribution in [0.1, 0.15) is 89.5 Å². The molecular formula is C44H50N2O16. The molecule has 10 rings (SSSR count). The summed E-state index contributed by atoms with van der Waals surface area (Å²) < 4.78 is 37.3. The number of nitrogens with zero attached hydrogens (tertiary/aromatic N) is 2. The van der Waals surface area contributed by atoms with Crippen LogP contribution in [-0.4, -0.2) is 128 Å². The third-order valence-electron chi connectivity index (χ3n) is 17.3. The molecule has 3 saturated heterocycles. The van der Waals surface area contributed by atoms with Gasteiger partial charge in [-0.3, -0.25) is 33.6 Å². The molecule has 4 aliphatic heterocycles. The zero-order valence-electron chi connectivity index (χ0n) is 35.7. The Bertz CT molecular complexity index is 2280. The molecule has 21 atom stereocenters. The maximum absolute atomic E-state index is 14.9. The molecule has 5 saturated carbocycles. The number of amides is 2. The summed E-state index contributed by atoms with van der Waals surface area (Å²) in [6.45, 7) is 12.8. The summed E-state index contributed by atoms with van der Waals surface area (Å²) in [4.78, 5) is 111. The van der Waals surface area contributed by atoms with E-state index in [2.05, 4.69) is 0 Å². The van der Waals surface area contributed by atoms with Gasteiger partial charge in [-0.1, -0.05) is 39.8 Å². The third kappa shape index (κ3) is 4.53. The summed E-state index contributed by atoms with van der Waals surface area (Å²) in [5.41, 5.74) is -8.92. The number of fused-ring (bicyclic) bond motifs is 10. The molecule has 4 heterocycles. The fourth-order valence-corrected chi connectivity index (χ4v) is 15.3. The van der Waals surface area contributed by atoms with E-state index in [0.29, 0.717) is 0 Å². The lowest BCUT2D eigenvalue weighted by Gasteiger charge is -2.65. The zero-order chi connectivity index (χ0) is 44.9. The molecule has 9 aliphatic rings. The second-order valence-electron chi connectivity index (χ2n) is 19.9. The zero-order valence-corrected chi connectivity index (χ0v) is 35.7. The first-order valence-corrected chi connectivity index (χ1v) is 21.2. The summed E-state index contributed by atoms with van der Waals surface area (Å²) in [7, 11) is 0. The third-order valence-corrected chi connectivity index (χ3v) is 17.3. The predicted octanol–water partition coefficient (Wildman–Crippen LogP) is 1.12. The van der Waals surface area contributed by atoms with Crippen molar-refractivity contribution in [3.05, 3.63) is 35.4 Å². The number of Topliss-reactive ketones (excluding diaryl/α,β-unsaturated/α-hetero) is 1. The van der Waals surface area contributed by atoms with Crippen LogP contribution in [-0.2, 0) is 57.2 Å². The maximum Gasteiger partial charge on any atom is 0.340 e. The highest BCUT2D eigenvalue weighted by molar-refractivity contribution is 6.21. The van der Waals surface area contributed by atoms with Gasteiger partial charge in [-0.25, -0.2) is 4.79 Å². The van der Waals surface area contributed by atoms with Gasteiger partial charge in [-0.2, -0.15) is 10.0 Å². The molecule has 1 aromatic rings. The molecule has 18 heteroatoms. The molecule has 2 amide bonds. The van der Waals surface area contributed by atoms with Gasteiger partial charge in [-0.15, -0.1) is 0 Å². The van der Waals surface area contributed by atoms with Crippen molar-refractivity contribution < 1.29 is 77.0 Å². The van der Waals surface area contributed by atoms with Crippen molar-refractivity contribution in [2.45, 2.75) is 129 Å². The number of esters is 5. The molecule has 2 N–H and O–H groups in total. The topological polar surface area (TPSA) is 242 Å². The number of imide groups is 1. The lowest BCUT2D eigenvalue weighted by molar-refractivity contribution is -0.273. The number of hydrogen-bond donors (Lipinski definition) is 2. The minimum atomic E-state index is -2.41. The Kier molecular flexibility index (Phi) is 8.30. The van der Waals surface area contributed by atoms with Crippen LogP contribution in [0.3, 0.4) is 0 Å². The molecule has 62 heavy (non-hydrogen) atoms. The Morgan fingerprint density at radius 3 is 1.84 bits per heavy atom. The highest BCUT2D eigenvalue weighted by atomic mass is 16.6. The van der Waals surface area contributed by atoms with E-state index >= 15 is 0 Å². The van der Waals surface area contributed by atoms with Crippen molar-refractivity contribution in [1.29, 1.82) is 0 Å². The fourth-order valence-electron chi connectivity index (χ4n) is 15.3. The van der Waals surface area contributed by atoms with E-state index in [0.717, 1.165) is 5.01 Å². The lowest BCUT2D eigenvalue weighted by atomic mass is 9.41. The van der Waals surface area contributed by atoms with E-state index in [1.54, 1.807) is 39.8 Å². The van der Waals surface area contributed by atoms with Crippen LogP contribution in [0.15, 0.2) is 24.3 Å². The molecule has 8 fully saturated rings. The van der Waals surface area contributed by atoms with Crippen LogP contribution in [0.5, 0.6) is 0 Å². The number of hydrazine groups is 1. The van der Waals surface area contributed by atoms with Crippen LogP contribution in [0.4, 0.5) is 0 Å². The van der Waals surface area contributed by atoms with Gasteiger partial charge in [0.1, 0.15) is 36.6 Å². The van der Waals surface area contributed by atoms with E-state index in [4.69, 9.17) is 28.4 Å². The largest absolute Gasteiger partial charge is 0.462 e. The van der Waals surface area contributed by atoms with Gasteiger partial charge in [0.15, 0.2) is 11.4 Å². The van der Waals surface area contributed by atoms with Crippen LogP contribution < -0.4 is 0 Å². The molecule has 0 aromatic heterocycles. The minimum absolute atomic E-state index is 0.117. The second kappa shape index (κ2) is 12.5. The van der Waals surface area contributed by atoms with E-state index in [9.17, 15) is 48.6 Å². The predicted molar refractivity (Wildman–Crippen MR) is 203 cm³/mol. The van der Waals surface area contributed by atoms with Crippen molar-refractivity contribution in [3.63, 3.8) is 0 Å². The number of benzene rings is 1. The van der Waals surface area contributed by atoms with Gasteiger partial charge in [0.05, 0.1) is 28.7 Å². The van der Waals surface area contributed by atoms with Crippen LogP contribution in [0.2, 0.25) is 0 Å². The Labute approximate surface area is 355 Å². The van der Waals surface area contributed by atoms with Gasteiger partial charge >= 0.3 is 29.8 Å². The number of ketones is 1. The van der Waals surface area contributed by atoms with Gasteiger partial charge < -0.3 is 38.6 Å². The number of rotatable bonds is 5. The standard InChI is InChI=1S/C44H50N2O16/c1-15-25-28(42(8)43(9,56)39(55)62-44(42)34(15)46(44)45-37(53)20-12-10-11-13-21(20)38(45)54)32(57-16(2)47)26-24-27(33(58-17(3)48)36(41(25,26)7)60-19(5)50)40(6)22(29(51)30(24)52)14-23-31(61-23)35(40)59-18(4)49/h10-13,15,22-28,30-36,52,56H,14H2,1-9H3/t15-,22+,23-,24?,25-,26+,27?,28-,30+,31-,32+,33-,34+,35-,36-,40-,41+,42-,43+,44-,46?/m0/s1. The highest BCUT2D eigenvalue weighted by Gasteiger charge is 2.96. The molecule has 18 nitrogen and oxygen atoms in total. The summed E-state index contributed by atoms with van der Waals surface area (Å²) >= 11 is 0. The summed E-state index contributed by atoms with van der Waals surface area (Å²) in [6.07, 6.45) is -8.10. The number of carbonyl (C=O) groups is 8. The summed E-state index contributed by atoms with van der Waals surface area (Å²) in [5, 5.41) is 27.6. The van der Waals surface area contributed by atoms with E-state index in [1.165, 1.54) is 51.8 Å². The fraction of sp³-hybridized carbons (Fsp3) is 0.682. The minimum Gasteiger partial charge on any atom is -0.462 e. The highest BCUT2D eigenvalue weighted by Crippen LogP contribution is 2.82. The number of ether oxygens (including phenoxy) is 6. The van der Waals surface area contributed by atoms with Gasteiger partial charge in [0, 0.05) is 68.1 Å². The Morgan fingerprint density at radius 2 is 1.27 bits per heavy atom. The van der Waals surface area contributed by atoms with E-state index in [-0.39, 0.29) is 17.5 Å². The molecule has 1 spiro atoms. The monoisotopic (exact) mass is 862 g/mol. The number of aliphatic hydroxyl groups excluding tert-OH is 1. The summed E-state index contributed by atoms with van der Waals surface area (Å²) in [5.74, 6) is -13.5. The van der Waals surface area contributed by atoms with Crippen molar-refractivity contribution in [2.75, 3.05) is 0 Å². The molecule has 0 radical (unpaired) electrons. The van der Waals surface area contributed by atoms with Crippen molar-refractivity contribution in [1.82, 2.24) is 10.0 Å². The molecule has 3 unspecified atom stereocenters. The van der Waals surface area contributed by atoms with Crippen LogP contribution in [0.25, 0.3) is 0 Å². The molecular weight excluding hydrogens is 812 g/mol. The van der Waals surface area contributed by atoms with Crippen molar-refractivity contribution in [2.24, 2.45) is 57.7 Å². The van der Waals surface area contributed by atoms with Crippen molar-refractivity contribution >= 4 is 47.4 Å². The van der Waals surface area contributed by atoms with Crippen LogP contribution >= 0.6 is 0 Å². The lowest BCUT2D eigenvalue weighted by Crippen LogP contribution is -2.74. The number of aliphatic hydroxyl groups is 2. The Morgan fingerprint density at radius 1 is 0.742 bits per heavy atom. The maximum atomic E-state index is 14.9. The molecule has 0 bridgehead atoms. The van der Waals surface area contributed by atoms with E-state index in [1.807, 2.05) is 0 Å². The normalized spacial score (nSPS) is 50.9. The summed E-state index contributed by atoms with van der Waals surface area (Å²) in [6, 6.07) is 5.23. The molecule has 332 valence electrons. The first-order valence-electron chi connectivity index (χ1n) is 21.2. The van der Waals surface area contributed by atoms with Gasteiger partial charge in [0.2, 0.25) is 5.72 Å². The number of hydrogen-bond acceptors (Lipinski definition) is 17. The number of epoxide rings is 1. The average molecular weight is 863 g/mol. The van der Waals surface area contributed by atoms with Crippen molar-refractivity contribution in [3.8, 4) is 0 Å².